The summed E-state index contributed by atoms with van der Waals surface area (Å²) in [5, 5.41) is 5.40. The minimum atomic E-state index is -0.614. The molecule has 0 aliphatic rings. The van der Waals surface area contributed by atoms with Crippen LogP contribution < -0.4 is 21.4 Å². The first-order valence-corrected chi connectivity index (χ1v) is 8.16. The number of aryl methyl sites for hydroxylation is 1. The molecule has 0 aliphatic heterocycles. The molecule has 3 rings (SSSR count). The van der Waals surface area contributed by atoms with E-state index >= 15 is 0 Å². The van der Waals surface area contributed by atoms with Crippen LogP contribution in [0.4, 0.5) is 5.00 Å². The van der Waals surface area contributed by atoms with Crippen LogP contribution in [-0.2, 0) is 4.79 Å². The number of fused-ring (bicyclic) bond motifs is 1. The van der Waals surface area contributed by atoms with E-state index in [-0.39, 0.29) is 12.2 Å². The second-order valence-corrected chi connectivity index (χ2v) is 6.19. The molecule has 0 aliphatic carbocycles. The summed E-state index contributed by atoms with van der Waals surface area (Å²) in [7, 11) is 0. The van der Waals surface area contributed by atoms with E-state index in [1.807, 2.05) is 6.92 Å². The number of ether oxygens (including phenoxy) is 1. The Hall–Kier alpha value is -3.13. The molecule has 0 saturated heterocycles. The van der Waals surface area contributed by atoms with Crippen molar-refractivity contribution in [3.63, 3.8) is 0 Å². The maximum atomic E-state index is 12.0. The molecule has 8 heteroatoms. The highest BCUT2D eigenvalue weighted by Gasteiger charge is 2.13. The number of carbonyl (C=O) groups excluding carboxylic acids is 2. The van der Waals surface area contributed by atoms with Crippen molar-refractivity contribution in [3.05, 3.63) is 57.3 Å². The highest BCUT2D eigenvalue weighted by molar-refractivity contribution is 7.14. The van der Waals surface area contributed by atoms with Crippen LogP contribution in [0.5, 0.6) is 5.75 Å². The number of hydrogen-bond acceptors (Lipinski definition) is 6. The largest absolute Gasteiger partial charge is 0.484 e. The molecule has 1 aromatic carbocycles. The lowest BCUT2D eigenvalue weighted by Crippen LogP contribution is -2.21. The molecule has 0 radical (unpaired) electrons. The lowest BCUT2D eigenvalue weighted by molar-refractivity contribution is -0.118. The summed E-state index contributed by atoms with van der Waals surface area (Å²) >= 11 is 1.19. The van der Waals surface area contributed by atoms with Gasteiger partial charge in [-0.25, -0.2) is 4.79 Å². The van der Waals surface area contributed by atoms with Crippen molar-refractivity contribution in [1.82, 2.24) is 0 Å². The van der Waals surface area contributed by atoms with Gasteiger partial charge in [0, 0.05) is 17.5 Å². The standard InChI is InChI=1S/C17H14N2O5S/c1-9-6-15(21)24-13-7-10(2-3-11(9)13)23-8-14(20)19-17-12(16(18)22)4-5-25-17/h2-7H,8H2,1H3,(H2,18,22)(H,19,20). The minimum absolute atomic E-state index is 0.251. The van der Waals surface area contributed by atoms with E-state index < -0.39 is 17.4 Å². The number of amides is 2. The Kier molecular flexibility index (Phi) is 4.53. The third-order valence-corrected chi connectivity index (χ3v) is 4.31. The van der Waals surface area contributed by atoms with Gasteiger partial charge in [0.25, 0.3) is 11.8 Å². The van der Waals surface area contributed by atoms with E-state index in [1.165, 1.54) is 23.5 Å². The second kappa shape index (κ2) is 6.78. The third-order valence-electron chi connectivity index (χ3n) is 3.48. The van der Waals surface area contributed by atoms with Gasteiger partial charge < -0.3 is 20.2 Å². The Morgan fingerprint density at radius 1 is 1.28 bits per heavy atom. The molecule has 0 fully saturated rings. The van der Waals surface area contributed by atoms with Gasteiger partial charge in [0.15, 0.2) is 6.61 Å². The van der Waals surface area contributed by atoms with E-state index in [4.69, 9.17) is 14.9 Å². The number of benzene rings is 1. The fourth-order valence-corrected chi connectivity index (χ4v) is 3.12. The van der Waals surface area contributed by atoms with Crippen molar-refractivity contribution in [2.45, 2.75) is 6.92 Å². The first-order valence-electron chi connectivity index (χ1n) is 7.28. The van der Waals surface area contributed by atoms with Crippen molar-refractivity contribution in [2.24, 2.45) is 5.73 Å². The monoisotopic (exact) mass is 358 g/mol. The molecule has 3 N–H and O–H groups in total. The maximum absolute atomic E-state index is 12.0. The summed E-state index contributed by atoms with van der Waals surface area (Å²) in [4.78, 5) is 34.6. The van der Waals surface area contributed by atoms with Crippen molar-refractivity contribution in [2.75, 3.05) is 11.9 Å². The van der Waals surface area contributed by atoms with Gasteiger partial charge in [-0.3, -0.25) is 9.59 Å². The number of hydrogen-bond donors (Lipinski definition) is 2. The first-order chi connectivity index (χ1) is 11.9. The second-order valence-electron chi connectivity index (χ2n) is 5.27. The van der Waals surface area contributed by atoms with Crippen LogP contribution in [0.2, 0.25) is 0 Å². The average molecular weight is 358 g/mol. The number of thiophene rings is 1. The minimum Gasteiger partial charge on any atom is -0.484 e. The average Bonchev–Trinajstić information content (AvgIpc) is 3.00. The summed E-state index contributed by atoms with van der Waals surface area (Å²) in [6.45, 7) is 1.54. The van der Waals surface area contributed by atoms with E-state index in [1.54, 1.807) is 23.6 Å². The first kappa shape index (κ1) is 16.7. The zero-order chi connectivity index (χ0) is 18.0. The molecule has 7 nitrogen and oxygen atoms in total. The molecular formula is C17H14N2O5S. The van der Waals surface area contributed by atoms with Crippen molar-refractivity contribution in [3.8, 4) is 5.75 Å². The van der Waals surface area contributed by atoms with Crippen LogP contribution in [0.1, 0.15) is 15.9 Å². The molecule has 2 aromatic heterocycles. The van der Waals surface area contributed by atoms with Gasteiger partial charge in [-0.2, -0.15) is 0 Å². The lowest BCUT2D eigenvalue weighted by atomic mass is 10.1. The maximum Gasteiger partial charge on any atom is 0.336 e. The van der Waals surface area contributed by atoms with Gasteiger partial charge in [0.2, 0.25) is 0 Å². The SMILES string of the molecule is Cc1cc(=O)oc2cc(OCC(=O)Nc3sccc3C(N)=O)ccc12. The Morgan fingerprint density at radius 2 is 2.08 bits per heavy atom. The highest BCUT2D eigenvalue weighted by Crippen LogP contribution is 2.24. The van der Waals surface area contributed by atoms with Crippen LogP contribution in [0.3, 0.4) is 0 Å². The quantitative estimate of drug-likeness (QED) is 0.680. The zero-order valence-electron chi connectivity index (χ0n) is 13.2. The number of rotatable bonds is 5. The number of primary amides is 1. The topological polar surface area (TPSA) is 112 Å². The summed E-state index contributed by atoms with van der Waals surface area (Å²) in [5.74, 6) is -0.661. The van der Waals surface area contributed by atoms with Gasteiger partial charge >= 0.3 is 5.63 Å². The number of nitrogens with two attached hydrogens (primary N) is 1. The molecule has 128 valence electrons. The van der Waals surface area contributed by atoms with Gasteiger partial charge in [0.1, 0.15) is 16.3 Å². The summed E-state index contributed by atoms with van der Waals surface area (Å²) in [6.07, 6.45) is 0. The molecule has 25 heavy (non-hydrogen) atoms. The molecule has 3 aromatic rings. The molecule has 2 amide bonds. The van der Waals surface area contributed by atoms with Crippen molar-refractivity contribution in [1.29, 1.82) is 0 Å². The molecule has 0 atom stereocenters. The van der Waals surface area contributed by atoms with Gasteiger partial charge in [-0.1, -0.05) is 0 Å². The third kappa shape index (κ3) is 3.69. The fourth-order valence-electron chi connectivity index (χ4n) is 2.31. The van der Waals surface area contributed by atoms with Crippen LogP contribution in [0.25, 0.3) is 11.0 Å². The van der Waals surface area contributed by atoms with Crippen LogP contribution in [0.15, 0.2) is 44.9 Å². The van der Waals surface area contributed by atoms with Gasteiger partial charge in [-0.15, -0.1) is 11.3 Å². The number of nitrogens with one attached hydrogen (secondary N) is 1. The molecule has 0 saturated carbocycles. The normalized spacial score (nSPS) is 10.6. The van der Waals surface area contributed by atoms with Crippen LogP contribution in [-0.4, -0.2) is 18.4 Å². The summed E-state index contributed by atoms with van der Waals surface area (Å²) in [5.41, 5.74) is 6.21. The van der Waals surface area contributed by atoms with Crippen molar-refractivity contribution >= 4 is 39.1 Å². The predicted octanol–water partition coefficient (Wildman–Crippen LogP) is 2.28. The van der Waals surface area contributed by atoms with Crippen molar-refractivity contribution < 1.29 is 18.7 Å². The number of carbonyl (C=O) groups is 2. The lowest BCUT2D eigenvalue weighted by Gasteiger charge is -2.08. The van der Waals surface area contributed by atoms with Crippen LogP contribution >= 0.6 is 11.3 Å². The Balaban J connectivity index is 1.70. The van der Waals surface area contributed by atoms with E-state index in [0.29, 0.717) is 16.3 Å². The van der Waals surface area contributed by atoms with E-state index in [2.05, 4.69) is 5.32 Å². The highest BCUT2D eigenvalue weighted by atomic mass is 32.1. The predicted molar refractivity (Wildman–Crippen MR) is 94.2 cm³/mol. The molecule has 0 bridgehead atoms. The molecule has 2 heterocycles. The molecule has 0 unspecified atom stereocenters. The Bertz CT molecular complexity index is 1020. The van der Waals surface area contributed by atoms with E-state index in [0.717, 1.165) is 10.9 Å². The Labute approximate surface area is 146 Å². The Morgan fingerprint density at radius 3 is 2.84 bits per heavy atom. The number of anilines is 1. The van der Waals surface area contributed by atoms with E-state index in [9.17, 15) is 14.4 Å². The fraction of sp³-hybridized carbons (Fsp3) is 0.118. The van der Waals surface area contributed by atoms with Gasteiger partial charge in [0.05, 0.1) is 5.56 Å². The van der Waals surface area contributed by atoms with Gasteiger partial charge in [-0.05, 0) is 36.1 Å². The smallest absolute Gasteiger partial charge is 0.336 e. The zero-order valence-corrected chi connectivity index (χ0v) is 14.0. The molecule has 0 spiro atoms. The summed E-state index contributed by atoms with van der Waals surface area (Å²) in [6, 6.07) is 7.94. The summed E-state index contributed by atoms with van der Waals surface area (Å²) < 4.78 is 10.6. The molecular weight excluding hydrogens is 344 g/mol. The van der Waals surface area contributed by atoms with Crippen LogP contribution in [0, 0.1) is 6.92 Å².